The summed E-state index contributed by atoms with van der Waals surface area (Å²) >= 11 is 1.47. The lowest BCUT2D eigenvalue weighted by Gasteiger charge is -2.21. The Hall–Kier alpha value is -1.43. The molecule has 0 saturated carbocycles. The number of thioether (sulfide) groups is 1. The maximum Gasteiger partial charge on any atom is 0.243 e. The summed E-state index contributed by atoms with van der Waals surface area (Å²) in [6, 6.07) is 3.12. The van der Waals surface area contributed by atoms with Crippen molar-refractivity contribution in [3.63, 3.8) is 0 Å². The lowest BCUT2D eigenvalue weighted by Crippen LogP contribution is -2.51. The standard InChI is InChI=1S/C10H12N2O3S/c13-9-6-16-5-8(12-9)10(14)11-4-7-2-1-3-15-7/h1-3,8H,4-6H2,(H,11,14)(H,12,13). The van der Waals surface area contributed by atoms with Crippen molar-refractivity contribution in [2.45, 2.75) is 12.6 Å². The van der Waals surface area contributed by atoms with Gasteiger partial charge in [0, 0.05) is 5.75 Å². The number of rotatable bonds is 3. The number of hydrogen-bond donors (Lipinski definition) is 2. The Labute approximate surface area is 97.0 Å². The third-order valence-corrected chi connectivity index (χ3v) is 3.22. The molecule has 1 aliphatic heterocycles. The summed E-state index contributed by atoms with van der Waals surface area (Å²) in [4.78, 5) is 22.7. The molecule has 1 aromatic rings. The molecule has 1 fully saturated rings. The monoisotopic (exact) mass is 240 g/mol. The molecule has 1 atom stereocenters. The average molecular weight is 240 g/mol. The van der Waals surface area contributed by atoms with E-state index in [1.807, 2.05) is 0 Å². The normalized spacial score (nSPS) is 20.2. The predicted octanol–water partition coefficient (Wildman–Crippen LogP) is 0.127. The summed E-state index contributed by atoms with van der Waals surface area (Å²) in [5.74, 6) is 1.49. The van der Waals surface area contributed by atoms with Crippen molar-refractivity contribution in [1.82, 2.24) is 10.6 Å². The highest BCUT2D eigenvalue weighted by atomic mass is 32.2. The van der Waals surface area contributed by atoms with E-state index in [9.17, 15) is 9.59 Å². The third-order valence-electron chi connectivity index (χ3n) is 2.19. The van der Waals surface area contributed by atoms with Crippen LogP contribution in [0.15, 0.2) is 22.8 Å². The van der Waals surface area contributed by atoms with Gasteiger partial charge >= 0.3 is 0 Å². The zero-order valence-corrected chi connectivity index (χ0v) is 9.38. The van der Waals surface area contributed by atoms with Gasteiger partial charge < -0.3 is 15.1 Å². The molecule has 0 bridgehead atoms. The second-order valence-corrected chi connectivity index (χ2v) is 4.46. The van der Waals surface area contributed by atoms with Crippen LogP contribution in [-0.2, 0) is 16.1 Å². The van der Waals surface area contributed by atoms with E-state index in [-0.39, 0.29) is 11.8 Å². The van der Waals surface area contributed by atoms with Crippen LogP contribution in [0.1, 0.15) is 5.76 Å². The molecule has 1 aromatic heterocycles. The molecule has 1 unspecified atom stereocenters. The van der Waals surface area contributed by atoms with Crippen molar-refractivity contribution in [1.29, 1.82) is 0 Å². The molecular weight excluding hydrogens is 228 g/mol. The SMILES string of the molecule is O=C1CSCC(C(=O)NCc2ccco2)N1. The third kappa shape index (κ3) is 2.79. The van der Waals surface area contributed by atoms with Gasteiger partial charge in [-0.3, -0.25) is 9.59 Å². The van der Waals surface area contributed by atoms with Gasteiger partial charge in [-0.2, -0.15) is 0 Å². The van der Waals surface area contributed by atoms with Crippen LogP contribution in [0.2, 0.25) is 0 Å². The van der Waals surface area contributed by atoms with Gasteiger partial charge in [-0.15, -0.1) is 11.8 Å². The Morgan fingerprint density at radius 3 is 3.25 bits per heavy atom. The number of furan rings is 1. The minimum absolute atomic E-state index is 0.0885. The summed E-state index contributed by atoms with van der Waals surface area (Å²) in [5.41, 5.74) is 0. The lowest BCUT2D eigenvalue weighted by molar-refractivity contribution is -0.127. The molecule has 0 aliphatic carbocycles. The van der Waals surface area contributed by atoms with Crippen molar-refractivity contribution in [3.8, 4) is 0 Å². The van der Waals surface area contributed by atoms with Gasteiger partial charge in [-0.25, -0.2) is 0 Å². The summed E-state index contributed by atoms with van der Waals surface area (Å²) < 4.78 is 5.09. The molecule has 6 heteroatoms. The second kappa shape index (κ2) is 5.07. The fraction of sp³-hybridized carbons (Fsp3) is 0.400. The molecule has 2 rings (SSSR count). The van der Waals surface area contributed by atoms with E-state index in [1.165, 1.54) is 11.8 Å². The van der Waals surface area contributed by atoms with Crippen LogP contribution >= 0.6 is 11.8 Å². The molecule has 0 aromatic carbocycles. The molecular formula is C10H12N2O3S. The highest BCUT2D eigenvalue weighted by Crippen LogP contribution is 2.09. The van der Waals surface area contributed by atoms with Gasteiger partial charge in [0.15, 0.2) is 0 Å². The quantitative estimate of drug-likeness (QED) is 0.787. The first-order valence-corrected chi connectivity index (χ1v) is 6.08. The molecule has 2 heterocycles. The molecule has 5 nitrogen and oxygen atoms in total. The lowest BCUT2D eigenvalue weighted by atomic mass is 10.3. The molecule has 1 saturated heterocycles. The van der Waals surface area contributed by atoms with E-state index in [2.05, 4.69) is 10.6 Å². The van der Waals surface area contributed by atoms with Crippen LogP contribution in [-0.4, -0.2) is 29.4 Å². The van der Waals surface area contributed by atoms with Gasteiger partial charge in [0.1, 0.15) is 11.8 Å². The minimum atomic E-state index is -0.429. The highest BCUT2D eigenvalue weighted by molar-refractivity contribution is 8.00. The van der Waals surface area contributed by atoms with E-state index >= 15 is 0 Å². The van der Waals surface area contributed by atoms with E-state index in [4.69, 9.17) is 4.42 Å². The average Bonchev–Trinajstić information content (AvgIpc) is 2.78. The highest BCUT2D eigenvalue weighted by Gasteiger charge is 2.24. The fourth-order valence-electron chi connectivity index (χ4n) is 1.40. The van der Waals surface area contributed by atoms with Crippen LogP contribution in [0.4, 0.5) is 0 Å². The Bertz CT molecular complexity index is 377. The molecule has 0 radical (unpaired) electrons. The maximum atomic E-state index is 11.7. The fourth-order valence-corrected chi connectivity index (χ4v) is 2.26. The van der Waals surface area contributed by atoms with Crippen molar-refractivity contribution >= 4 is 23.6 Å². The zero-order valence-electron chi connectivity index (χ0n) is 8.56. The smallest absolute Gasteiger partial charge is 0.243 e. The van der Waals surface area contributed by atoms with Crippen molar-refractivity contribution in [2.24, 2.45) is 0 Å². The molecule has 86 valence electrons. The van der Waals surface area contributed by atoms with E-state index in [0.29, 0.717) is 23.8 Å². The second-order valence-electron chi connectivity index (χ2n) is 3.43. The zero-order chi connectivity index (χ0) is 11.4. The van der Waals surface area contributed by atoms with E-state index in [0.717, 1.165) is 0 Å². The maximum absolute atomic E-state index is 11.7. The van der Waals surface area contributed by atoms with E-state index in [1.54, 1.807) is 18.4 Å². The van der Waals surface area contributed by atoms with Crippen LogP contribution < -0.4 is 10.6 Å². The van der Waals surface area contributed by atoms with Gasteiger partial charge in [0.25, 0.3) is 0 Å². The Kier molecular flexibility index (Phi) is 3.51. The molecule has 0 spiro atoms. The Morgan fingerprint density at radius 2 is 2.56 bits per heavy atom. The molecule has 16 heavy (non-hydrogen) atoms. The Balaban J connectivity index is 1.81. The minimum Gasteiger partial charge on any atom is -0.467 e. The van der Waals surface area contributed by atoms with Gasteiger partial charge in [-0.05, 0) is 12.1 Å². The van der Waals surface area contributed by atoms with Crippen LogP contribution in [0.5, 0.6) is 0 Å². The first-order valence-electron chi connectivity index (χ1n) is 4.93. The largest absolute Gasteiger partial charge is 0.467 e. The summed E-state index contributed by atoms with van der Waals surface area (Å²) in [6.45, 7) is 0.350. The number of amides is 2. The number of hydrogen-bond acceptors (Lipinski definition) is 4. The van der Waals surface area contributed by atoms with Crippen molar-refractivity contribution in [2.75, 3.05) is 11.5 Å². The summed E-state index contributed by atoms with van der Waals surface area (Å²) in [6.07, 6.45) is 1.56. The van der Waals surface area contributed by atoms with Crippen LogP contribution in [0.25, 0.3) is 0 Å². The number of carbonyl (C=O) groups excluding carboxylic acids is 2. The first kappa shape index (κ1) is 11.1. The first-order chi connectivity index (χ1) is 7.75. The number of nitrogens with one attached hydrogen (secondary N) is 2. The van der Waals surface area contributed by atoms with Gasteiger partial charge in [-0.1, -0.05) is 0 Å². The van der Waals surface area contributed by atoms with Crippen LogP contribution in [0, 0.1) is 0 Å². The van der Waals surface area contributed by atoms with Crippen molar-refractivity contribution < 1.29 is 14.0 Å². The van der Waals surface area contributed by atoms with Crippen molar-refractivity contribution in [3.05, 3.63) is 24.2 Å². The van der Waals surface area contributed by atoms with Gasteiger partial charge in [0.05, 0.1) is 18.6 Å². The molecule has 2 N–H and O–H groups in total. The summed E-state index contributed by atoms with van der Waals surface area (Å²) in [7, 11) is 0. The topological polar surface area (TPSA) is 71.3 Å². The predicted molar refractivity (Wildman–Crippen MR) is 59.8 cm³/mol. The molecule has 1 aliphatic rings. The summed E-state index contributed by atoms with van der Waals surface area (Å²) in [5, 5.41) is 5.36. The van der Waals surface area contributed by atoms with Gasteiger partial charge in [0.2, 0.25) is 11.8 Å². The van der Waals surface area contributed by atoms with Crippen LogP contribution in [0.3, 0.4) is 0 Å². The Morgan fingerprint density at radius 1 is 1.69 bits per heavy atom. The number of carbonyl (C=O) groups is 2. The molecule has 2 amide bonds. The van der Waals surface area contributed by atoms with E-state index < -0.39 is 6.04 Å².